The molecule has 1 amide bonds. The lowest BCUT2D eigenvalue weighted by Crippen LogP contribution is -2.39. The lowest BCUT2D eigenvalue weighted by molar-refractivity contribution is 0.0691. The zero-order chi connectivity index (χ0) is 14.7. The molecule has 0 atom stereocenters. The Bertz CT molecular complexity index is 480. The van der Waals surface area contributed by atoms with Gasteiger partial charge in [-0.25, -0.2) is 9.97 Å². The van der Waals surface area contributed by atoms with E-state index in [-0.39, 0.29) is 11.8 Å². The zero-order valence-corrected chi connectivity index (χ0v) is 12.4. The Morgan fingerprint density at radius 1 is 1.45 bits per heavy atom. The summed E-state index contributed by atoms with van der Waals surface area (Å²) in [5.74, 6) is 6.93. The molecule has 1 aromatic heterocycles. The topological polar surface area (TPSA) is 84.1 Å². The SMILES string of the molecule is CC1CCN(C(=O)c2nc(C(C)C)ncc2NN)CC1. The number of hydrazine groups is 1. The first-order valence-corrected chi connectivity index (χ1v) is 7.15. The second kappa shape index (κ2) is 6.17. The molecule has 1 saturated heterocycles. The molecule has 1 aliphatic heterocycles. The number of hydrogen-bond donors (Lipinski definition) is 2. The fourth-order valence-electron chi connectivity index (χ4n) is 2.30. The van der Waals surface area contributed by atoms with Crippen molar-refractivity contribution in [3.8, 4) is 0 Å². The van der Waals surface area contributed by atoms with Crippen LogP contribution in [-0.4, -0.2) is 33.9 Å². The van der Waals surface area contributed by atoms with Gasteiger partial charge in [-0.05, 0) is 18.8 Å². The first kappa shape index (κ1) is 14.7. The molecule has 110 valence electrons. The molecular formula is C14H23N5O. The Balaban J connectivity index is 2.25. The summed E-state index contributed by atoms with van der Waals surface area (Å²) in [4.78, 5) is 23.1. The predicted octanol–water partition coefficient (Wildman–Crippen LogP) is 1.76. The molecule has 20 heavy (non-hydrogen) atoms. The van der Waals surface area contributed by atoms with Gasteiger partial charge in [0.1, 0.15) is 5.82 Å². The van der Waals surface area contributed by atoms with Crippen LogP contribution < -0.4 is 11.3 Å². The van der Waals surface area contributed by atoms with Crippen LogP contribution in [0.4, 0.5) is 5.69 Å². The van der Waals surface area contributed by atoms with E-state index in [1.165, 1.54) is 0 Å². The molecule has 0 aliphatic carbocycles. The smallest absolute Gasteiger partial charge is 0.274 e. The number of hydrogen-bond acceptors (Lipinski definition) is 5. The Morgan fingerprint density at radius 2 is 2.10 bits per heavy atom. The van der Waals surface area contributed by atoms with Crippen LogP contribution in [0.1, 0.15) is 55.8 Å². The van der Waals surface area contributed by atoms with Crippen molar-refractivity contribution in [2.75, 3.05) is 18.5 Å². The number of carbonyl (C=O) groups is 1. The molecule has 1 aliphatic rings. The number of nitrogen functional groups attached to an aromatic ring is 1. The highest BCUT2D eigenvalue weighted by Crippen LogP contribution is 2.21. The minimum atomic E-state index is -0.0610. The maximum atomic E-state index is 12.6. The molecule has 0 unspecified atom stereocenters. The third kappa shape index (κ3) is 3.07. The highest BCUT2D eigenvalue weighted by molar-refractivity contribution is 5.97. The fraction of sp³-hybridized carbons (Fsp3) is 0.643. The molecular weight excluding hydrogens is 254 g/mol. The molecule has 0 spiro atoms. The molecule has 0 radical (unpaired) electrons. The summed E-state index contributed by atoms with van der Waals surface area (Å²) in [5.41, 5.74) is 3.38. The average molecular weight is 277 g/mol. The highest BCUT2D eigenvalue weighted by atomic mass is 16.2. The molecule has 0 saturated carbocycles. The molecule has 3 N–H and O–H groups in total. The van der Waals surface area contributed by atoms with Crippen LogP contribution in [0.15, 0.2) is 6.20 Å². The lowest BCUT2D eigenvalue weighted by Gasteiger charge is -2.30. The van der Waals surface area contributed by atoms with E-state index >= 15 is 0 Å². The number of aromatic nitrogens is 2. The van der Waals surface area contributed by atoms with E-state index in [9.17, 15) is 4.79 Å². The first-order chi connectivity index (χ1) is 9.52. The summed E-state index contributed by atoms with van der Waals surface area (Å²) in [5, 5.41) is 0. The van der Waals surface area contributed by atoms with Crippen molar-refractivity contribution in [3.05, 3.63) is 17.7 Å². The molecule has 2 heterocycles. The Labute approximate surface area is 119 Å². The van der Waals surface area contributed by atoms with E-state index in [0.29, 0.717) is 23.1 Å². The number of likely N-dealkylation sites (tertiary alicyclic amines) is 1. The van der Waals surface area contributed by atoms with Gasteiger partial charge in [-0.3, -0.25) is 10.6 Å². The Morgan fingerprint density at radius 3 is 2.65 bits per heavy atom. The van der Waals surface area contributed by atoms with Crippen LogP contribution >= 0.6 is 0 Å². The molecule has 6 heteroatoms. The van der Waals surface area contributed by atoms with Crippen molar-refractivity contribution in [2.24, 2.45) is 11.8 Å². The van der Waals surface area contributed by atoms with Gasteiger partial charge in [-0.2, -0.15) is 0 Å². The first-order valence-electron chi connectivity index (χ1n) is 7.15. The molecule has 2 rings (SSSR count). The van der Waals surface area contributed by atoms with Crippen molar-refractivity contribution >= 4 is 11.6 Å². The van der Waals surface area contributed by atoms with E-state index in [1.54, 1.807) is 6.20 Å². The molecule has 1 fully saturated rings. The van der Waals surface area contributed by atoms with Gasteiger partial charge in [0.15, 0.2) is 5.69 Å². The summed E-state index contributed by atoms with van der Waals surface area (Å²) < 4.78 is 0. The van der Waals surface area contributed by atoms with Crippen LogP contribution in [0.5, 0.6) is 0 Å². The molecule has 0 aromatic carbocycles. The van der Waals surface area contributed by atoms with E-state index < -0.39 is 0 Å². The third-order valence-corrected chi connectivity index (χ3v) is 3.75. The Kier molecular flexibility index (Phi) is 4.54. The van der Waals surface area contributed by atoms with Gasteiger partial charge < -0.3 is 10.3 Å². The van der Waals surface area contributed by atoms with Gasteiger partial charge in [0.25, 0.3) is 5.91 Å². The molecule has 1 aromatic rings. The van der Waals surface area contributed by atoms with Gasteiger partial charge in [-0.15, -0.1) is 0 Å². The number of nitrogens with two attached hydrogens (primary N) is 1. The van der Waals surface area contributed by atoms with Crippen molar-refractivity contribution < 1.29 is 4.79 Å². The van der Waals surface area contributed by atoms with Crippen LogP contribution in [0.3, 0.4) is 0 Å². The number of rotatable bonds is 3. The van der Waals surface area contributed by atoms with Crippen molar-refractivity contribution in [1.82, 2.24) is 14.9 Å². The molecule has 6 nitrogen and oxygen atoms in total. The standard InChI is InChI=1S/C14H23N5O/c1-9(2)13-16-8-11(18-15)12(17-13)14(20)19-6-4-10(3)5-7-19/h8-10,18H,4-7,15H2,1-3H3. The predicted molar refractivity (Wildman–Crippen MR) is 78.2 cm³/mol. The van der Waals surface area contributed by atoms with Crippen molar-refractivity contribution in [2.45, 2.75) is 39.5 Å². The largest absolute Gasteiger partial charge is 0.337 e. The molecule has 0 bridgehead atoms. The normalized spacial score (nSPS) is 16.6. The van der Waals surface area contributed by atoms with E-state index in [4.69, 9.17) is 5.84 Å². The summed E-state index contributed by atoms with van der Waals surface area (Å²) in [6, 6.07) is 0. The van der Waals surface area contributed by atoms with Crippen LogP contribution in [0.2, 0.25) is 0 Å². The number of anilines is 1. The number of nitrogens with one attached hydrogen (secondary N) is 1. The fourth-order valence-corrected chi connectivity index (χ4v) is 2.30. The second-order valence-corrected chi connectivity index (χ2v) is 5.76. The summed E-state index contributed by atoms with van der Waals surface area (Å²) in [6.45, 7) is 7.79. The summed E-state index contributed by atoms with van der Waals surface area (Å²) in [6.07, 6.45) is 3.67. The monoisotopic (exact) mass is 277 g/mol. The average Bonchev–Trinajstić information content (AvgIpc) is 2.46. The third-order valence-electron chi connectivity index (χ3n) is 3.75. The number of nitrogens with zero attached hydrogens (tertiary/aromatic N) is 3. The van der Waals surface area contributed by atoms with E-state index in [0.717, 1.165) is 25.9 Å². The highest BCUT2D eigenvalue weighted by Gasteiger charge is 2.25. The number of piperidine rings is 1. The summed E-state index contributed by atoms with van der Waals surface area (Å²) in [7, 11) is 0. The van der Waals surface area contributed by atoms with Crippen LogP contribution in [0, 0.1) is 5.92 Å². The van der Waals surface area contributed by atoms with Crippen molar-refractivity contribution in [1.29, 1.82) is 0 Å². The van der Waals surface area contributed by atoms with Crippen molar-refractivity contribution in [3.63, 3.8) is 0 Å². The number of carbonyl (C=O) groups excluding carboxylic acids is 1. The van der Waals surface area contributed by atoms with Crippen LogP contribution in [-0.2, 0) is 0 Å². The van der Waals surface area contributed by atoms with Crippen LogP contribution in [0.25, 0.3) is 0 Å². The van der Waals surface area contributed by atoms with Gasteiger partial charge >= 0.3 is 0 Å². The summed E-state index contributed by atoms with van der Waals surface area (Å²) >= 11 is 0. The maximum absolute atomic E-state index is 12.6. The van der Waals surface area contributed by atoms with Gasteiger partial charge in [0, 0.05) is 19.0 Å². The minimum absolute atomic E-state index is 0.0610. The maximum Gasteiger partial charge on any atom is 0.274 e. The Hall–Kier alpha value is -1.69. The lowest BCUT2D eigenvalue weighted by atomic mass is 9.99. The van der Waals surface area contributed by atoms with Gasteiger partial charge in [-0.1, -0.05) is 20.8 Å². The number of amides is 1. The minimum Gasteiger partial charge on any atom is -0.337 e. The van der Waals surface area contributed by atoms with E-state index in [2.05, 4.69) is 22.3 Å². The second-order valence-electron chi connectivity index (χ2n) is 5.76. The van der Waals surface area contributed by atoms with E-state index in [1.807, 2.05) is 18.7 Å². The van der Waals surface area contributed by atoms with Gasteiger partial charge in [0.2, 0.25) is 0 Å². The van der Waals surface area contributed by atoms with Gasteiger partial charge in [0.05, 0.1) is 11.9 Å². The quantitative estimate of drug-likeness (QED) is 0.649. The zero-order valence-electron chi connectivity index (χ0n) is 12.4.